The second kappa shape index (κ2) is 3.82. The molecule has 15 heavy (non-hydrogen) atoms. The zero-order valence-corrected chi connectivity index (χ0v) is 8.64. The summed E-state index contributed by atoms with van der Waals surface area (Å²) in [6, 6.07) is 1.90. The Morgan fingerprint density at radius 3 is 2.87 bits per heavy atom. The zero-order chi connectivity index (χ0) is 10.8. The fraction of sp³-hybridized carbons (Fsp3) is 0.444. The Kier molecular flexibility index (Phi) is 2.51. The first-order chi connectivity index (χ1) is 7.24. The van der Waals surface area contributed by atoms with Crippen LogP contribution in [0.15, 0.2) is 10.6 Å². The van der Waals surface area contributed by atoms with Gasteiger partial charge in [-0.25, -0.2) is 0 Å². The first-order valence-electron chi connectivity index (χ1n) is 4.71. The van der Waals surface area contributed by atoms with Gasteiger partial charge in [-0.05, 0) is 12.5 Å². The normalized spacial score (nSPS) is 10.9. The van der Waals surface area contributed by atoms with Crippen molar-refractivity contribution in [1.29, 1.82) is 0 Å². The molecule has 0 saturated carbocycles. The average Bonchev–Trinajstić information content (AvgIpc) is 2.83. The molecule has 0 aliphatic heterocycles. The molecule has 0 aromatic carbocycles. The molecular formula is C9H12N4O2. The number of rotatable bonds is 3. The Morgan fingerprint density at radius 2 is 2.33 bits per heavy atom. The molecule has 0 spiro atoms. The Labute approximate surface area is 86.5 Å². The maximum Gasteiger partial charge on any atom is 0.276 e. The lowest BCUT2D eigenvalue weighted by Gasteiger charge is -1.92. The Bertz CT molecular complexity index is 460. The maximum atomic E-state index is 8.81. The molecule has 1 N–H and O–H groups in total. The summed E-state index contributed by atoms with van der Waals surface area (Å²) in [5, 5.41) is 16.7. The monoisotopic (exact) mass is 208 g/mol. The van der Waals surface area contributed by atoms with E-state index in [2.05, 4.69) is 15.2 Å². The number of hydrogen-bond donors (Lipinski definition) is 1. The molecule has 2 heterocycles. The maximum absolute atomic E-state index is 8.81. The van der Waals surface area contributed by atoms with E-state index in [1.54, 1.807) is 4.68 Å². The predicted octanol–water partition coefficient (Wildman–Crippen LogP) is 0.525. The number of hydrogen-bond acceptors (Lipinski definition) is 5. The van der Waals surface area contributed by atoms with Crippen LogP contribution in [0.25, 0.3) is 11.6 Å². The largest absolute Gasteiger partial charge is 0.388 e. The molecule has 2 rings (SSSR count). The highest BCUT2D eigenvalue weighted by Gasteiger charge is 2.13. The third kappa shape index (κ3) is 1.75. The summed E-state index contributed by atoms with van der Waals surface area (Å²) >= 11 is 0. The second-order valence-electron chi connectivity index (χ2n) is 3.17. The van der Waals surface area contributed by atoms with Crippen molar-refractivity contribution in [3.05, 3.63) is 17.6 Å². The van der Waals surface area contributed by atoms with E-state index in [1.165, 1.54) is 0 Å². The topological polar surface area (TPSA) is 77.0 Å². The van der Waals surface area contributed by atoms with Gasteiger partial charge in [0.05, 0.1) is 5.69 Å². The van der Waals surface area contributed by atoms with E-state index in [4.69, 9.17) is 9.63 Å². The van der Waals surface area contributed by atoms with E-state index in [1.807, 2.05) is 20.0 Å². The summed E-state index contributed by atoms with van der Waals surface area (Å²) in [4.78, 5) is 4.02. The van der Waals surface area contributed by atoms with Gasteiger partial charge in [0.1, 0.15) is 12.3 Å². The van der Waals surface area contributed by atoms with E-state index in [9.17, 15) is 0 Å². The van der Waals surface area contributed by atoms with E-state index >= 15 is 0 Å². The van der Waals surface area contributed by atoms with Crippen molar-refractivity contribution < 1.29 is 9.63 Å². The summed E-state index contributed by atoms with van der Waals surface area (Å²) in [6.45, 7) is 1.81. The number of aromatic nitrogens is 4. The summed E-state index contributed by atoms with van der Waals surface area (Å²) in [6.07, 6.45) is 0.856. The predicted molar refractivity (Wildman–Crippen MR) is 51.8 cm³/mol. The molecule has 0 atom stereocenters. The fourth-order valence-corrected chi connectivity index (χ4v) is 1.32. The molecule has 0 saturated heterocycles. The van der Waals surface area contributed by atoms with E-state index in [-0.39, 0.29) is 12.4 Å². The van der Waals surface area contributed by atoms with Gasteiger partial charge < -0.3 is 9.63 Å². The standard InChI is InChI=1S/C9H12N4O2/c1-3-6-4-7(13(2)11-6)9-10-8(5-14)12-15-9/h4,14H,3,5H2,1-2H3. The summed E-state index contributed by atoms with van der Waals surface area (Å²) in [5.41, 5.74) is 1.73. The van der Waals surface area contributed by atoms with Crippen molar-refractivity contribution >= 4 is 0 Å². The Morgan fingerprint density at radius 1 is 1.53 bits per heavy atom. The summed E-state index contributed by atoms with van der Waals surface area (Å²) in [5.74, 6) is 0.665. The number of aliphatic hydroxyl groups excluding tert-OH is 1. The second-order valence-corrected chi connectivity index (χ2v) is 3.17. The minimum Gasteiger partial charge on any atom is -0.388 e. The highest BCUT2D eigenvalue weighted by atomic mass is 16.5. The highest BCUT2D eigenvalue weighted by molar-refractivity contribution is 5.47. The molecule has 0 aliphatic carbocycles. The van der Waals surface area contributed by atoms with Crippen LogP contribution >= 0.6 is 0 Å². The molecule has 0 amide bonds. The Balaban J connectivity index is 2.39. The summed E-state index contributed by atoms with van der Waals surface area (Å²) in [7, 11) is 1.82. The fourth-order valence-electron chi connectivity index (χ4n) is 1.32. The van der Waals surface area contributed by atoms with Crippen molar-refractivity contribution in [3.63, 3.8) is 0 Å². The number of nitrogens with zero attached hydrogens (tertiary/aromatic N) is 4. The van der Waals surface area contributed by atoms with Crippen LogP contribution in [0.2, 0.25) is 0 Å². The molecule has 0 radical (unpaired) electrons. The first kappa shape index (κ1) is 9.85. The highest BCUT2D eigenvalue weighted by Crippen LogP contribution is 2.17. The Hall–Kier alpha value is -1.69. The van der Waals surface area contributed by atoms with Crippen molar-refractivity contribution in [1.82, 2.24) is 19.9 Å². The minimum atomic E-state index is -0.220. The molecular weight excluding hydrogens is 196 g/mol. The average molecular weight is 208 g/mol. The molecule has 0 fully saturated rings. The third-order valence-corrected chi connectivity index (χ3v) is 2.12. The first-order valence-corrected chi connectivity index (χ1v) is 4.71. The van der Waals surface area contributed by atoms with Gasteiger partial charge in [0.25, 0.3) is 5.89 Å². The molecule has 0 unspecified atom stereocenters. The van der Waals surface area contributed by atoms with E-state index in [0.29, 0.717) is 5.89 Å². The van der Waals surface area contributed by atoms with Crippen LogP contribution < -0.4 is 0 Å². The van der Waals surface area contributed by atoms with Gasteiger partial charge in [0.15, 0.2) is 5.82 Å². The van der Waals surface area contributed by atoms with Crippen LogP contribution in [0.3, 0.4) is 0 Å². The van der Waals surface area contributed by atoms with Crippen molar-refractivity contribution in [2.75, 3.05) is 0 Å². The van der Waals surface area contributed by atoms with Gasteiger partial charge in [-0.2, -0.15) is 10.1 Å². The molecule has 0 bridgehead atoms. The van der Waals surface area contributed by atoms with Crippen molar-refractivity contribution in [2.45, 2.75) is 20.0 Å². The van der Waals surface area contributed by atoms with Crippen LogP contribution in [0.4, 0.5) is 0 Å². The molecule has 2 aromatic heterocycles. The molecule has 0 aliphatic rings. The van der Waals surface area contributed by atoms with Crippen LogP contribution in [0.5, 0.6) is 0 Å². The molecule has 6 nitrogen and oxygen atoms in total. The minimum absolute atomic E-state index is 0.220. The lowest BCUT2D eigenvalue weighted by molar-refractivity contribution is 0.264. The molecule has 6 heteroatoms. The summed E-state index contributed by atoms with van der Waals surface area (Å²) < 4.78 is 6.69. The molecule has 80 valence electrons. The van der Waals surface area contributed by atoms with Crippen molar-refractivity contribution in [2.24, 2.45) is 7.05 Å². The van der Waals surface area contributed by atoms with Crippen LogP contribution in [0.1, 0.15) is 18.4 Å². The van der Waals surface area contributed by atoms with Gasteiger partial charge >= 0.3 is 0 Å². The smallest absolute Gasteiger partial charge is 0.276 e. The lowest BCUT2D eigenvalue weighted by atomic mass is 10.3. The van der Waals surface area contributed by atoms with Gasteiger partial charge in [0.2, 0.25) is 0 Å². The SMILES string of the molecule is CCc1cc(-c2nc(CO)no2)n(C)n1. The molecule has 2 aromatic rings. The van der Waals surface area contributed by atoms with Gasteiger partial charge in [-0.1, -0.05) is 12.1 Å². The third-order valence-electron chi connectivity index (χ3n) is 2.12. The van der Waals surface area contributed by atoms with Crippen molar-refractivity contribution in [3.8, 4) is 11.6 Å². The van der Waals surface area contributed by atoms with Crippen LogP contribution in [-0.2, 0) is 20.1 Å². The quantitative estimate of drug-likeness (QED) is 0.795. The van der Waals surface area contributed by atoms with Gasteiger partial charge in [-0.3, -0.25) is 4.68 Å². The van der Waals surface area contributed by atoms with Gasteiger partial charge in [0, 0.05) is 7.05 Å². The number of aryl methyl sites for hydroxylation is 2. The van der Waals surface area contributed by atoms with Crippen LogP contribution in [0, 0.1) is 0 Å². The van der Waals surface area contributed by atoms with E-state index in [0.717, 1.165) is 17.8 Å². The lowest BCUT2D eigenvalue weighted by Crippen LogP contribution is -1.94. The number of aliphatic hydroxyl groups is 1. The zero-order valence-electron chi connectivity index (χ0n) is 8.64. The van der Waals surface area contributed by atoms with Gasteiger partial charge in [-0.15, -0.1) is 0 Å². The van der Waals surface area contributed by atoms with Crippen LogP contribution in [-0.4, -0.2) is 25.0 Å². The van der Waals surface area contributed by atoms with E-state index < -0.39 is 0 Å².